The molecule has 0 fully saturated rings. The summed E-state index contributed by atoms with van der Waals surface area (Å²) < 4.78 is 7.70. The van der Waals surface area contributed by atoms with Gasteiger partial charge in [0, 0.05) is 12.2 Å². The molecule has 0 aliphatic carbocycles. The second kappa shape index (κ2) is 5.69. The molecule has 2 atom stereocenters. The maximum absolute atomic E-state index is 5.71. The number of para-hydroxylation sites is 2. The zero-order chi connectivity index (χ0) is 14.8. The van der Waals surface area contributed by atoms with Gasteiger partial charge in [-0.2, -0.15) is 5.10 Å². The highest BCUT2D eigenvalue weighted by atomic mass is 16.3. The zero-order valence-electron chi connectivity index (χ0n) is 12.6. The summed E-state index contributed by atoms with van der Waals surface area (Å²) in [6, 6.07) is 8.34. The highest BCUT2D eigenvalue weighted by molar-refractivity contribution is 5.72. The first-order valence-electron chi connectivity index (χ1n) is 7.22. The first kappa shape index (κ1) is 13.8. The Balaban J connectivity index is 1.63. The minimum Gasteiger partial charge on any atom is -0.439 e. The number of hydrogen-bond donors (Lipinski definition) is 1. The van der Waals surface area contributed by atoms with Crippen molar-refractivity contribution in [3.05, 3.63) is 48.1 Å². The van der Waals surface area contributed by atoms with Crippen LogP contribution < -0.4 is 5.32 Å². The van der Waals surface area contributed by atoms with Crippen LogP contribution in [0.1, 0.15) is 31.3 Å². The summed E-state index contributed by atoms with van der Waals surface area (Å²) in [6.45, 7) is 6.95. The summed E-state index contributed by atoms with van der Waals surface area (Å²) in [5.41, 5.74) is 2.91. The number of aromatic nitrogens is 3. The van der Waals surface area contributed by atoms with E-state index in [4.69, 9.17) is 4.42 Å². The fourth-order valence-corrected chi connectivity index (χ4v) is 2.30. The fraction of sp³-hybridized carbons (Fsp3) is 0.375. The Labute approximate surface area is 124 Å². The largest absolute Gasteiger partial charge is 0.439 e. The van der Waals surface area contributed by atoms with Gasteiger partial charge in [0.05, 0.1) is 18.8 Å². The lowest BCUT2D eigenvalue weighted by atomic mass is 10.2. The van der Waals surface area contributed by atoms with Crippen LogP contribution in [0.4, 0.5) is 0 Å². The Morgan fingerprint density at radius 1 is 1.29 bits per heavy atom. The molecule has 1 N–H and O–H groups in total. The van der Waals surface area contributed by atoms with Crippen molar-refractivity contribution in [1.29, 1.82) is 0 Å². The Hall–Kier alpha value is -2.14. The number of fused-ring (bicyclic) bond motifs is 1. The van der Waals surface area contributed by atoms with Crippen LogP contribution in [0.15, 0.2) is 41.1 Å². The molecule has 0 aliphatic heterocycles. The van der Waals surface area contributed by atoms with E-state index in [0.29, 0.717) is 12.4 Å². The van der Waals surface area contributed by atoms with Gasteiger partial charge in [0.15, 0.2) is 5.58 Å². The second-order valence-electron chi connectivity index (χ2n) is 5.48. The number of nitrogens with one attached hydrogen (secondary N) is 1. The van der Waals surface area contributed by atoms with Crippen molar-refractivity contribution in [1.82, 2.24) is 20.1 Å². The van der Waals surface area contributed by atoms with E-state index in [-0.39, 0.29) is 12.1 Å². The molecule has 5 nitrogen and oxygen atoms in total. The SMILES string of the molecule is Cc1cnn([C@H](C)[C@@H](C)NCc2nc3ccccc3o2)c1. The van der Waals surface area contributed by atoms with Gasteiger partial charge in [0.25, 0.3) is 0 Å². The fourth-order valence-electron chi connectivity index (χ4n) is 2.30. The maximum atomic E-state index is 5.71. The van der Waals surface area contributed by atoms with Gasteiger partial charge >= 0.3 is 0 Å². The third-order valence-electron chi connectivity index (χ3n) is 3.78. The van der Waals surface area contributed by atoms with Gasteiger partial charge in [-0.05, 0) is 38.5 Å². The highest BCUT2D eigenvalue weighted by Crippen LogP contribution is 2.16. The van der Waals surface area contributed by atoms with E-state index < -0.39 is 0 Å². The van der Waals surface area contributed by atoms with Crippen molar-refractivity contribution in [3.8, 4) is 0 Å². The second-order valence-corrected chi connectivity index (χ2v) is 5.48. The molecule has 0 saturated carbocycles. The summed E-state index contributed by atoms with van der Waals surface area (Å²) in [4.78, 5) is 4.47. The molecule has 0 unspecified atom stereocenters. The minimum atomic E-state index is 0.263. The molecule has 2 aromatic heterocycles. The lowest BCUT2D eigenvalue weighted by Gasteiger charge is -2.21. The van der Waals surface area contributed by atoms with E-state index in [9.17, 15) is 0 Å². The van der Waals surface area contributed by atoms with Crippen LogP contribution in [0.2, 0.25) is 0 Å². The van der Waals surface area contributed by atoms with Crippen LogP contribution in [0, 0.1) is 6.92 Å². The molecule has 1 aromatic carbocycles. The van der Waals surface area contributed by atoms with Crippen molar-refractivity contribution in [2.24, 2.45) is 0 Å². The Morgan fingerprint density at radius 3 is 2.81 bits per heavy atom. The monoisotopic (exact) mass is 284 g/mol. The Morgan fingerprint density at radius 2 is 2.10 bits per heavy atom. The molecule has 3 rings (SSSR count). The molecular weight excluding hydrogens is 264 g/mol. The molecular formula is C16H20N4O. The van der Waals surface area contributed by atoms with E-state index in [1.165, 1.54) is 5.56 Å². The average Bonchev–Trinajstić information content (AvgIpc) is 3.09. The summed E-state index contributed by atoms with van der Waals surface area (Å²) >= 11 is 0. The van der Waals surface area contributed by atoms with Crippen LogP contribution in [-0.4, -0.2) is 20.8 Å². The lowest BCUT2D eigenvalue weighted by Crippen LogP contribution is -2.33. The van der Waals surface area contributed by atoms with Crippen LogP contribution in [0.3, 0.4) is 0 Å². The molecule has 0 bridgehead atoms. The molecule has 0 spiro atoms. The van der Waals surface area contributed by atoms with E-state index in [1.807, 2.05) is 42.1 Å². The molecule has 0 aliphatic rings. The molecule has 5 heteroatoms. The Bertz CT molecular complexity index is 698. The van der Waals surface area contributed by atoms with Crippen molar-refractivity contribution in [2.75, 3.05) is 0 Å². The number of benzene rings is 1. The summed E-state index contributed by atoms with van der Waals surface area (Å²) in [5.74, 6) is 0.715. The van der Waals surface area contributed by atoms with Gasteiger partial charge in [-0.3, -0.25) is 4.68 Å². The van der Waals surface area contributed by atoms with Crippen LogP contribution in [0.25, 0.3) is 11.1 Å². The third-order valence-corrected chi connectivity index (χ3v) is 3.78. The van der Waals surface area contributed by atoms with Crippen LogP contribution in [0.5, 0.6) is 0 Å². The molecule has 3 aromatic rings. The molecule has 0 saturated heterocycles. The standard InChI is InChI=1S/C16H20N4O/c1-11-8-18-20(10-11)13(3)12(2)17-9-16-19-14-6-4-5-7-15(14)21-16/h4-8,10,12-13,17H,9H2,1-3H3/t12-,13-/m1/s1. The molecule has 0 radical (unpaired) electrons. The first-order chi connectivity index (χ1) is 10.1. The van der Waals surface area contributed by atoms with E-state index in [1.54, 1.807) is 0 Å². The molecule has 110 valence electrons. The predicted octanol–water partition coefficient (Wildman–Crippen LogP) is 3.07. The topological polar surface area (TPSA) is 55.9 Å². The molecule has 21 heavy (non-hydrogen) atoms. The molecule has 0 amide bonds. The van der Waals surface area contributed by atoms with Gasteiger partial charge in [-0.15, -0.1) is 0 Å². The van der Waals surface area contributed by atoms with E-state index >= 15 is 0 Å². The van der Waals surface area contributed by atoms with Gasteiger partial charge in [0.2, 0.25) is 5.89 Å². The summed E-state index contributed by atoms with van der Waals surface area (Å²) in [7, 11) is 0. The van der Waals surface area contributed by atoms with Crippen molar-refractivity contribution in [2.45, 2.75) is 39.4 Å². The van der Waals surface area contributed by atoms with Crippen molar-refractivity contribution >= 4 is 11.1 Å². The minimum absolute atomic E-state index is 0.263. The summed E-state index contributed by atoms with van der Waals surface area (Å²) in [6.07, 6.45) is 3.94. The van der Waals surface area contributed by atoms with Gasteiger partial charge in [-0.25, -0.2) is 4.98 Å². The number of rotatable bonds is 5. The smallest absolute Gasteiger partial charge is 0.209 e. The quantitative estimate of drug-likeness (QED) is 0.782. The van der Waals surface area contributed by atoms with E-state index in [0.717, 1.165) is 11.1 Å². The number of aryl methyl sites for hydroxylation is 1. The number of hydrogen-bond acceptors (Lipinski definition) is 4. The zero-order valence-corrected chi connectivity index (χ0v) is 12.6. The summed E-state index contributed by atoms with van der Waals surface area (Å²) in [5, 5.41) is 7.81. The first-order valence-corrected chi connectivity index (χ1v) is 7.22. The van der Waals surface area contributed by atoms with Crippen LogP contribution in [-0.2, 0) is 6.54 Å². The normalized spacial score (nSPS) is 14.4. The van der Waals surface area contributed by atoms with Crippen molar-refractivity contribution < 1.29 is 4.42 Å². The lowest BCUT2D eigenvalue weighted by molar-refractivity contribution is 0.350. The van der Waals surface area contributed by atoms with E-state index in [2.05, 4.69) is 35.4 Å². The Kier molecular flexibility index (Phi) is 3.75. The predicted molar refractivity (Wildman–Crippen MR) is 82.0 cm³/mol. The van der Waals surface area contributed by atoms with Crippen LogP contribution >= 0.6 is 0 Å². The highest BCUT2D eigenvalue weighted by Gasteiger charge is 2.15. The maximum Gasteiger partial charge on any atom is 0.209 e. The van der Waals surface area contributed by atoms with Gasteiger partial charge < -0.3 is 9.73 Å². The molecule has 2 heterocycles. The number of oxazole rings is 1. The number of nitrogens with zero attached hydrogens (tertiary/aromatic N) is 3. The van der Waals surface area contributed by atoms with Crippen molar-refractivity contribution in [3.63, 3.8) is 0 Å². The van der Waals surface area contributed by atoms with Gasteiger partial charge in [0.1, 0.15) is 5.52 Å². The average molecular weight is 284 g/mol. The van der Waals surface area contributed by atoms with Gasteiger partial charge in [-0.1, -0.05) is 12.1 Å². The third kappa shape index (κ3) is 2.97.